The van der Waals surface area contributed by atoms with Crippen molar-refractivity contribution in [1.82, 2.24) is 29.6 Å². The highest BCUT2D eigenvalue weighted by molar-refractivity contribution is 5.88. The molecular weight excluding hydrogens is 430 g/mol. The Hall–Kier alpha value is -3.27. The minimum Gasteiger partial charge on any atom is -0.378 e. The molecule has 1 N–H and O–H groups in total. The molecule has 9 heteroatoms. The molecule has 176 valence electrons. The second-order valence-electron chi connectivity index (χ2n) is 8.88. The normalized spacial score (nSPS) is 19.1. The maximum absolute atomic E-state index is 6.01. The van der Waals surface area contributed by atoms with Crippen LogP contribution in [0.3, 0.4) is 0 Å². The van der Waals surface area contributed by atoms with E-state index < -0.39 is 0 Å². The van der Waals surface area contributed by atoms with Gasteiger partial charge in [0.1, 0.15) is 17.4 Å². The van der Waals surface area contributed by atoms with E-state index in [9.17, 15) is 0 Å². The van der Waals surface area contributed by atoms with Crippen LogP contribution in [-0.2, 0) is 16.5 Å². The summed E-state index contributed by atoms with van der Waals surface area (Å²) in [7, 11) is 2.02. The van der Waals surface area contributed by atoms with Crippen molar-refractivity contribution in [3.63, 3.8) is 0 Å². The maximum Gasteiger partial charge on any atom is 0.164 e. The van der Waals surface area contributed by atoms with Gasteiger partial charge in [-0.3, -0.25) is 0 Å². The molecule has 0 amide bonds. The number of rotatable bonds is 4. The highest BCUT2D eigenvalue weighted by Crippen LogP contribution is 2.31. The summed E-state index contributed by atoms with van der Waals surface area (Å²) in [5.41, 5.74) is 6.01. The third-order valence-corrected chi connectivity index (χ3v) is 6.53. The van der Waals surface area contributed by atoms with Gasteiger partial charge in [-0.25, -0.2) is 14.6 Å². The molecule has 9 nitrogen and oxygen atoms in total. The van der Waals surface area contributed by atoms with Gasteiger partial charge in [0, 0.05) is 51.1 Å². The Bertz CT molecular complexity index is 1320. The molecule has 0 radical (unpaired) electrons. The second kappa shape index (κ2) is 8.83. The van der Waals surface area contributed by atoms with Gasteiger partial charge in [-0.2, -0.15) is 5.10 Å². The number of morpholine rings is 2. The highest BCUT2D eigenvalue weighted by atomic mass is 16.5. The van der Waals surface area contributed by atoms with Crippen molar-refractivity contribution in [1.29, 1.82) is 0 Å². The van der Waals surface area contributed by atoms with E-state index in [1.807, 2.05) is 24.0 Å². The lowest BCUT2D eigenvalue weighted by molar-refractivity contribution is 0.0208. The standard InChI is InChI=1S/C25H29N7O2/c1-17-4-3-5-18(14-17)19-6-8-32(29-19)22-15-20(31-9-12-33-13-10-31)23-25(27-22)30(2)24(28-23)21-16-26-7-11-34-21/h3-6,8,14-15,21,26H,7,9-13,16H2,1-2H3/t21-/m1/s1. The van der Waals surface area contributed by atoms with Crippen LogP contribution in [0.2, 0.25) is 0 Å². The summed E-state index contributed by atoms with van der Waals surface area (Å²) in [6.45, 7) is 7.43. The Kier molecular flexibility index (Phi) is 5.52. The summed E-state index contributed by atoms with van der Waals surface area (Å²) in [6, 6.07) is 12.5. The number of hydrogen-bond donors (Lipinski definition) is 1. The van der Waals surface area contributed by atoms with E-state index in [-0.39, 0.29) is 6.10 Å². The van der Waals surface area contributed by atoms with E-state index in [0.717, 1.165) is 65.9 Å². The molecule has 2 aliphatic heterocycles. The van der Waals surface area contributed by atoms with Crippen LogP contribution in [0, 0.1) is 6.92 Å². The molecule has 2 aliphatic rings. The van der Waals surface area contributed by atoms with E-state index in [1.165, 1.54) is 5.56 Å². The van der Waals surface area contributed by atoms with Gasteiger partial charge in [0.25, 0.3) is 0 Å². The zero-order chi connectivity index (χ0) is 23.1. The lowest BCUT2D eigenvalue weighted by atomic mass is 10.1. The van der Waals surface area contributed by atoms with Crippen LogP contribution in [0.1, 0.15) is 17.5 Å². The third kappa shape index (κ3) is 3.85. The number of hydrogen-bond acceptors (Lipinski definition) is 7. The van der Waals surface area contributed by atoms with Gasteiger partial charge in [0.05, 0.1) is 31.2 Å². The van der Waals surface area contributed by atoms with Gasteiger partial charge in [-0.1, -0.05) is 23.8 Å². The maximum atomic E-state index is 6.01. The first kappa shape index (κ1) is 21.3. The van der Waals surface area contributed by atoms with Crippen molar-refractivity contribution in [2.45, 2.75) is 13.0 Å². The second-order valence-corrected chi connectivity index (χ2v) is 8.88. The largest absolute Gasteiger partial charge is 0.378 e. The number of anilines is 1. The van der Waals surface area contributed by atoms with Gasteiger partial charge < -0.3 is 24.3 Å². The monoisotopic (exact) mass is 459 g/mol. The number of ether oxygens (including phenoxy) is 2. The van der Waals surface area contributed by atoms with Crippen LogP contribution < -0.4 is 10.2 Å². The smallest absolute Gasteiger partial charge is 0.164 e. The molecule has 4 aromatic rings. The average Bonchev–Trinajstić information content (AvgIpc) is 3.50. The highest BCUT2D eigenvalue weighted by Gasteiger charge is 2.26. The summed E-state index contributed by atoms with van der Waals surface area (Å²) in [5.74, 6) is 1.66. The first-order chi connectivity index (χ1) is 16.7. The Morgan fingerprint density at radius 2 is 1.94 bits per heavy atom. The van der Waals surface area contributed by atoms with E-state index in [1.54, 1.807) is 0 Å². The Morgan fingerprint density at radius 3 is 2.74 bits per heavy atom. The minimum atomic E-state index is -0.0911. The number of fused-ring (bicyclic) bond motifs is 1. The molecule has 1 aromatic carbocycles. The van der Waals surface area contributed by atoms with Crippen LogP contribution in [0.15, 0.2) is 42.6 Å². The van der Waals surface area contributed by atoms with Gasteiger partial charge in [-0.05, 0) is 19.1 Å². The minimum absolute atomic E-state index is 0.0911. The number of pyridine rings is 1. The fourth-order valence-corrected chi connectivity index (χ4v) is 4.73. The van der Waals surface area contributed by atoms with E-state index in [0.29, 0.717) is 19.8 Å². The fourth-order valence-electron chi connectivity index (χ4n) is 4.73. The molecule has 0 spiro atoms. The third-order valence-electron chi connectivity index (χ3n) is 6.53. The molecule has 2 saturated heterocycles. The molecule has 5 heterocycles. The van der Waals surface area contributed by atoms with E-state index >= 15 is 0 Å². The zero-order valence-corrected chi connectivity index (χ0v) is 19.6. The molecule has 0 bridgehead atoms. The van der Waals surface area contributed by atoms with Gasteiger partial charge in [0.2, 0.25) is 0 Å². The molecule has 1 atom stereocenters. The number of benzene rings is 1. The Morgan fingerprint density at radius 1 is 1.06 bits per heavy atom. The number of aryl methyl sites for hydroxylation is 2. The summed E-state index contributed by atoms with van der Waals surface area (Å²) >= 11 is 0. The first-order valence-electron chi connectivity index (χ1n) is 11.8. The number of aromatic nitrogens is 5. The van der Waals surface area contributed by atoms with Crippen molar-refractivity contribution >= 4 is 16.9 Å². The molecule has 6 rings (SSSR count). The molecule has 0 aliphatic carbocycles. The SMILES string of the molecule is Cc1cccc(-c2ccn(-c3cc(N4CCOCC4)c4nc([C@H]5CNCCO5)n(C)c4n3)n2)c1. The number of nitrogens with zero attached hydrogens (tertiary/aromatic N) is 6. The van der Waals surface area contributed by atoms with Crippen molar-refractivity contribution in [2.24, 2.45) is 7.05 Å². The van der Waals surface area contributed by atoms with Crippen LogP contribution >= 0.6 is 0 Å². The zero-order valence-electron chi connectivity index (χ0n) is 19.6. The van der Waals surface area contributed by atoms with E-state index in [4.69, 9.17) is 24.5 Å². The van der Waals surface area contributed by atoms with Gasteiger partial charge in [0.15, 0.2) is 11.5 Å². The molecule has 0 unspecified atom stereocenters. The molecule has 0 saturated carbocycles. The molecule has 3 aromatic heterocycles. The quantitative estimate of drug-likeness (QED) is 0.502. The van der Waals surface area contributed by atoms with Crippen molar-refractivity contribution in [3.05, 3.63) is 54.0 Å². The Balaban J connectivity index is 1.46. The Labute approximate surface area is 198 Å². The van der Waals surface area contributed by atoms with Crippen LogP contribution in [0.25, 0.3) is 28.2 Å². The van der Waals surface area contributed by atoms with Crippen LogP contribution in [-0.4, -0.2) is 70.3 Å². The summed E-state index contributed by atoms with van der Waals surface area (Å²) < 4.78 is 15.5. The van der Waals surface area contributed by atoms with Crippen LogP contribution in [0.5, 0.6) is 0 Å². The van der Waals surface area contributed by atoms with Crippen LogP contribution in [0.4, 0.5) is 5.69 Å². The number of imidazole rings is 1. The molecule has 2 fully saturated rings. The topological polar surface area (TPSA) is 82.3 Å². The summed E-state index contributed by atoms with van der Waals surface area (Å²) in [5, 5.41) is 8.26. The lowest BCUT2D eigenvalue weighted by Crippen LogP contribution is -2.36. The first-order valence-corrected chi connectivity index (χ1v) is 11.8. The predicted molar refractivity (Wildman–Crippen MR) is 130 cm³/mol. The lowest BCUT2D eigenvalue weighted by Gasteiger charge is -2.29. The molecule has 34 heavy (non-hydrogen) atoms. The average molecular weight is 460 g/mol. The predicted octanol–water partition coefficient (Wildman–Crippen LogP) is 2.63. The molecular formula is C25H29N7O2. The summed E-state index contributed by atoms with van der Waals surface area (Å²) in [4.78, 5) is 12.4. The van der Waals surface area contributed by atoms with Gasteiger partial charge in [-0.15, -0.1) is 0 Å². The number of nitrogens with one attached hydrogen (secondary N) is 1. The van der Waals surface area contributed by atoms with Crippen molar-refractivity contribution < 1.29 is 9.47 Å². The fraction of sp³-hybridized carbons (Fsp3) is 0.400. The van der Waals surface area contributed by atoms with Crippen molar-refractivity contribution in [2.75, 3.05) is 50.9 Å². The van der Waals surface area contributed by atoms with E-state index in [2.05, 4.69) is 52.0 Å². The summed E-state index contributed by atoms with van der Waals surface area (Å²) in [6.07, 6.45) is 1.88. The van der Waals surface area contributed by atoms with Gasteiger partial charge >= 0.3 is 0 Å². The van der Waals surface area contributed by atoms with Crippen molar-refractivity contribution in [3.8, 4) is 17.1 Å².